The Hall–Kier alpha value is -3.15. The molecule has 0 aliphatic carbocycles. The van der Waals surface area contributed by atoms with E-state index in [1.807, 2.05) is 63.2 Å². The van der Waals surface area contributed by atoms with Gasteiger partial charge in [-0.15, -0.1) is 0 Å². The number of amides is 2. The van der Waals surface area contributed by atoms with Crippen LogP contribution < -0.4 is 16.1 Å². The van der Waals surface area contributed by atoms with Crippen molar-refractivity contribution in [2.45, 2.75) is 33.2 Å². The molecule has 0 saturated carbocycles. The highest BCUT2D eigenvalue weighted by atomic mass is 16.2. The first-order valence-corrected chi connectivity index (χ1v) is 8.47. The first-order valence-electron chi connectivity index (χ1n) is 8.47. The van der Waals surface area contributed by atoms with Gasteiger partial charge in [-0.25, -0.2) is 0 Å². The summed E-state index contributed by atoms with van der Waals surface area (Å²) in [7, 11) is 0. The third-order valence-corrected chi connectivity index (χ3v) is 4.44. The van der Waals surface area contributed by atoms with Crippen LogP contribution in [0.1, 0.15) is 23.1 Å². The van der Waals surface area contributed by atoms with Crippen molar-refractivity contribution in [1.82, 2.24) is 0 Å². The Morgan fingerprint density at radius 1 is 1.12 bits per heavy atom. The fourth-order valence-electron chi connectivity index (χ4n) is 3.25. The molecular weight excluding hydrogens is 328 g/mol. The predicted octanol–water partition coefficient (Wildman–Crippen LogP) is 2.67. The van der Waals surface area contributed by atoms with Gasteiger partial charge in [-0.05, 0) is 44.0 Å². The Kier molecular flexibility index (Phi) is 4.75. The van der Waals surface area contributed by atoms with Crippen molar-refractivity contribution < 1.29 is 9.59 Å². The normalized spacial score (nSPS) is 16.3. The maximum Gasteiger partial charge on any atom is 0.271 e. The van der Waals surface area contributed by atoms with Crippen molar-refractivity contribution in [1.29, 1.82) is 0 Å². The van der Waals surface area contributed by atoms with E-state index in [-0.39, 0.29) is 18.0 Å². The Morgan fingerprint density at radius 3 is 2.31 bits per heavy atom. The first kappa shape index (κ1) is 17.7. The summed E-state index contributed by atoms with van der Waals surface area (Å²) < 4.78 is 0. The van der Waals surface area contributed by atoms with Crippen LogP contribution in [0.2, 0.25) is 0 Å². The Morgan fingerprint density at radius 2 is 1.73 bits per heavy atom. The quantitative estimate of drug-likeness (QED) is 0.888. The van der Waals surface area contributed by atoms with E-state index in [9.17, 15) is 9.59 Å². The summed E-state index contributed by atoms with van der Waals surface area (Å²) in [6, 6.07) is 12.6. The van der Waals surface area contributed by atoms with E-state index in [4.69, 9.17) is 5.73 Å². The van der Waals surface area contributed by atoms with Crippen LogP contribution in [0.4, 0.5) is 11.4 Å². The van der Waals surface area contributed by atoms with Crippen molar-refractivity contribution in [3.63, 3.8) is 0 Å². The van der Waals surface area contributed by atoms with Crippen molar-refractivity contribution in [3.8, 4) is 0 Å². The first-order chi connectivity index (χ1) is 12.4. The van der Waals surface area contributed by atoms with Crippen molar-refractivity contribution in [2.75, 3.05) is 10.3 Å². The third kappa shape index (κ3) is 3.44. The van der Waals surface area contributed by atoms with E-state index >= 15 is 0 Å². The third-order valence-electron chi connectivity index (χ3n) is 4.44. The number of nitrogens with zero attached hydrogens (tertiary/aromatic N) is 2. The summed E-state index contributed by atoms with van der Waals surface area (Å²) >= 11 is 0. The fraction of sp³-hybridized carbons (Fsp3) is 0.250. The minimum Gasteiger partial charge on any atom is -0.368 e. The number of hydrogen-bond acceptors (Lipinski definition) is 4. The highest BCUT2D eigenvalue weighted by Crippen LogP contribution is 2.26. The highest BCUT2D eigenvalue weighted by Gasteiger charge is 2.35. The monoisotopic (exact) mass is 350 g/mol. The number of rotatable bonds is 4. The molecular formula is C20H22N4O2. The molecule has 6 heteroatoms. The van der Waals surface area contributed by atoms with E-state index in [0.717, 1.165) is 28.1 Å². The molecule has 3 N–H and O–H groups in total. The molecule has 26 heavy (non-hydrogen) atoms. The number of aryl methyl sites for hydroxylation is 3. The Bertz CT molecular complexity index is 867. The van der Waals surface area contributed by atoms with E-state index in [0.29, 0.717) is 0 Å². The van der Waals surface area contributed by atoms with Crippen molar-refractivity contribution >= 4 is 28.9 Å². The minimum atomic E-state index is -0.668. The molecule has 0 spiro atoms. The summed E-state index contributed by atoms with van der Waals surface area (Å²) in [4.78, 5) is 24.6. The number of hydrazone groups is 1. The molecule has 6 nitrogen and oxygen atoms in total. The molecule has 1 heterocycles. The number of para-hydroxylation sites is 1. The van der Waals surface area contributed by atoms with Crippen LogP contribution in [0.3, 0.4) is 0 Å². The van der Waals surface area contributed by atoms with Crippen LogP contribution >= 0.6 is 0 Å². The van der Waals surface area contributed by atoms with Gasteiger partial charge in [-0.1, -0.05) is 35.9 Å². The second-order valence-corrected chi connectivity index (χ2v) is 6.58. The van der Waals surface area contributed by atoms with Gasteiger partial charge in [0, 0.05) is 12.1 Å². The predicted molar refractivity (Wildman–Crippen MR) is 103 cm³/mol. The van der Waals surface area contributed by atoms with Crippen LogP contribution in [-0.4, -0.2) is 23.6 Å². The van der Waals surface area contributed by atoms with Gasteiger partial charge in [-0.2, -0.15) is 5.10 Å². The lowest BCUT2D eigenvalue weighted by Crippen LogP contribution is -2.39. The number of nitrogens with two attached hydrogens (primary N) is 1. The lowest BCUT2D eigenvalue weighted by atomic mass is 10.0. The van der Waals surface area contributed by atoms with Gasteiger partial charge in [0.1, 0.15) is 11.8 Å². The van der Waals surface area contributed by atoms with Crippen LogP contribution in [0.5, 0.6) is 0 Å². The zero-order valence-corrected chi connectivity index (χ0v) is 15.1. The highest BCUT2D eigenvalue weighted by molar-refractivity contribution is 6.44. The molecule has 2 amide bonds. The molecule has 1 aliphatic rings. The summed E-state index contributed by atoms with van der Waals surface area (Å²) in [5.74, 6) is -0.826. The molecule has 0 bridgehead atoms. The van der Waals surface area contributed by atoms with Crippen LogP contribution in [-0.2, 0) is 9.59 Å². The molecule has 1 aliphatic heterocycles. The lowest BCUT2D eigenvalue weighted by molar-refractivity contribution is -0.119. The van der Waals surface area contributed by atoms with Gasteiger partial charge in [0.25, 0.3) is 5.91 Å². The molecule has 3 rings (SSSR count). The van der Waals surface area contributed by atoms with E-state index in [2.05, 4.69) is 10.4 Å². The van der Waals surface area contributed by atoms with Gasteiger partial charge in [0.05, 0.1) is 5.69 Å². The zero-order chi connectivity index (χ0) is 18.8. The minimum absolute atomic E-state index is 0.181. The second-order valence-electron chi connectivity index (χ2n) is 6.58. The largest absolute Gasteiger partial charge is 0.368 e. The number of benzene rings is 2. The smallest absolute Gasteiger partial charge is 0.271 e. The Labute approximate surface area is 152 Å². The molecule has 1 atom stereocenters. The maximum absolute atomic E-state index is 12.7. The number of primary amides is 1. The van der Waals surface area contributed by atoms with Crippen LogP contribution in [0.25, 0.3) is 0 Å². The van der Waals surface area contributed by atoms with Crippen molar-refractivity contribution in [3.05, 3.63) is 59.2 Å². The summed E-state index contributed by atoms with van der Waals surface area (Å²) in [6.45, 7) is 5.92. The van der Waals surface area contributed by atoms with Gasteiger partial charge >= 0.3 is 0 Å². The summed E-state index contributed by atoms with van der Waals surface area (Å²) in [5, 5.41) is 8.82. The molecule has 0 aromatic heterocycles. The van der Waals surface area contributed by atoms with Gasteiger partial charge in [0.15, 0.2) is 0 Å². The van der Waals surface area contributed by atoms with E-state index in [1.54, 1.807) is 0 Å². The number of carbonyl (C=O) groups is 2. The number of nitrogens with one attached hydrogen (secondary N) is 1. The second kappa shape index (κ2) is 7.00. The standard InChI is InChI=1S/C20H22N4O2/c1-12-9-13(2)18(14(3)10-12)22-20(26)16-11-17(19(21)25)24(23-16)15-7-5-4-6-8-15/h4-10,17H,11H2,1-3H3,(H2,21,25)(H,22,26). The lowest BCUT2D eigenvalue weighted by Gasteiger charge is -2.20. The van der Waals surface area contributed by atoms with Gasteiger partial charge in [-0.3, -0.25) is 14.6 Å². The average Bonchev–Trinajstić information content (AvgIpc) is 3.04. The number of hydrogen-bond donors (Lipinski definition) is 2. The summed E-state index contributed by atoms with van der Waals surface area (Å²) in [6.07, 6.45) is 0.181. The molecule has 134 valence electrons. The van der Waals surface area contributed by atoms with Gasteiger partial charge < -0.3 is 11.1 Å². The maximum atomic E-state index is 12.7. The Balaban J connectivity index is 1.87. The molecule has 0 saturated heterocycles. The topological polar surface area (TPSA) is 87.8 Å². The fourth-order valence-corrected chi connectivity index (χ4v) is 3.25. The van der Waals surface area contributed by atoms with Crippen LogP contribution in [0.15, 0.2) is 47.6 Å². The van der Waals surface area contributed by atoms with E-state index in [1.165, 1.54) is 5.01 Å². The SMILES string of the molecule is Cc1cc(C)c(NC(=O)C2=NN(c3ccccc3)C(C(N)=O)C2)c(C)c1. The molecule has 1 unspecified atom stereocenters. The van der Waals surface area contributed by atoms with Crippen molar-refractivity contribution in [2.24, 2.45) is 10.8 Å². The molecule has 2 aromatic rings. The average molecular weight is 350 g/mol. The zero-order valence-electron chi connectivity index (χ0n) is 15.1. The number of carbonyl (C=O) groups excluding carboxylic acids is 2. The molecule has 2 aromatic carbocycles. The molecule has 0 radical (unpaired) electrons. The summed E-state index contributed by atoms with van der Waals surface area (Å²) in [5.41, 5.74) is 10.4. The van der Waals surface area contributed by atoms with Gasteiger partial charge in [0.2, 0.25) is 5.91 Å². The molecule has 0 fully saturated rings. The number of anilines is 2. The van der Waals surface area contributed by atoms with E-state index < -0.39 is 11.9 Å². The van der Waals surface area contributed by atoms with Crippen LogP contribution in [0, 0.1) is 20.8 Å².